The fraction of sp³-hybridized carbons (Fsp3) is 0. The van der Waals surface area contributed by atoms with Crippen LogP contribution in [0.25, 0.3) is 0 Å². The van der Waals surface area contributed by atoms with Crippen molar-refractivity contribution in [3.63, 3.8) is 0 Å². The van der Waals surface area contributed by atoms with Crippen LogP contribution in [0.1, 0.15) is 5.56 Å². The van der Waals surface area contributed by atoms with Crippen LogP contribution in [0.4, 0.5) is 5.69 Å². The summed E-state index contributed by atoms with van der Waals surface area (Å²) < 4.78 is 0. The molecule has 1 rings (SSSR count). The van der Waals surface area contributed by atoms with Crippen molar-refractivity contribution in [3.8, 4) is 0 Å². The Labute approximate surface area is 68.8 Å². The highest BCUT2D eigenvalue weighted by Crippen LogP contribution is 2.14. The third-order valence-electron chi connectivity index (χ3n) is 1.26. The first-order valence-corrected chi connectivity index (χ1v) is 3.41. The molecule has 0 heterocycles. The van der Waals surface area contributed by atoms with Crippen molar-refractivity contribution in [2.75, 3.05) is 0 Å². The predicted octanol–water partition coefficient (Wildman–Crippen LogP) is 1.94. The SMILES string of the molecule is O=[N+]([O-])c1ccccc1C=S. The molecule has 4 heteroatoms. The maximum Gasteiger partial charge on any atom is 0.277 e. The predicted molar refractivity (Wildman–Crippen MR) is 45.9 cm³/mol. The number of nitro groups is 1. The Morgan fingerprint density at radius 3 is 2.55 bits per heavy atom. The molecule has 0 aromatic heterocycles. The molecule has 0 saturated heterocycles. The Balaban J connectivity index is 3.22. The Morgan fingerprint density at radius 2 is 2.09 bits per heavy atom. The first kappa shape index (κ1) is 7.81. The van der Waals surface area contributed by atoms with E-state index in [0.29, 0.717) is 5.56 Å². The van der Waals surface area contributed by atoms with E-state index in [0.717, 1.165) is 0 Å². The molecule has 1 aromatic rings. The third kappa shape index (κ3) is 1.59. The second-order valence-electron chi connectivity index (χ2n) is 1.93. The lowest BCUT2D eigenvalue weighted by Crippen LogP contribution is -1.92. The highest BCUT2D eigenvalue weighted by molar-refractivity contribution is 7.79. The number of para-hydroxylation sites is 1. The van der Waals surface area contributed by atoms with Crippen molar-refractivity contribution in [2.45, 2.75) is 0 Å². The molecular weight excluding hydrogens is 162 g/mol. The van der Waals surface area contributed by atoms with Gasteiger partial charge in [0.25, 0.3) is 5.69 Å². The van der Waals surface area contributed by atoms with Crippen molar-refractivity contribution in [1.29, 1.82) is 0 Å². The lowest BCUT2D eigenvalue weighted by molar-refractivity contribution is -0.385. The maximum atomic E-state index is 10.3. The number of hydrogen-bond donors (Lipinski definition) is 0. The van der Waals surface area contributed by atoms with Gasteiger partial charge in [-0.05, 0) is 6.07 Å². The van der Waals surface area contributed by atoms with Crippen LogP contribution in [-0.2, 0) is 0 Å². The molecule has 3 nitrogen and oxygen atoms in total. The summed E-state index contributed by atoms with van der Waals surface area (Å²) in [5, 5.41) is 11.6. The van der Waals surface area contributed by atoms with Crippen molar-refractivity contribution >= 4 is 23.3 Å². The normalized spacial score (nSPS) is 9.09. The minimum atomic E-state index is -0.446. The van der Waals surface area contributed by atoms with Crippen LogP contribution in [-0.4, -0.2) is 10.3 Å². The van der Waals surface area contributed by atoms with Gasteiger partial charge in [0.05, 0.1) is 10.5 Å². The highest BCUT2D eigenvalue weighted by Gasteiger charge is 2.08. The lowest BCUT2D eigenvalue weighted by Gasteiger charge is -1.93. The number of benzene rings is 1. The number of hydrogen-bond acceptors (Lipinski definition) is 3. The Hall–Kier alpha value is -1.29. The molecule has 0 spiro atoms. The number of rotatable bonds is 2. The second kappa shape index (κ2) is 3.21. The Morgan fingerprint density at radius 1 is 1.45 bits per heavy atom. The zero-order valence-electron chi connectivity index (χ0n) is 5.56. The summed E-state index contributed by atoms with van der Waals surface area (Å²) in [5.74, 6) is 0. The van der Waals surface area contributed by atoms with E-state index >= 15 is 0 Å². The molecule has 0 radical (unpaired) electrons. The zero-order valence-corrected chi connectivity index (χ0v) is 6.38. The molecule has 0 atom stereocenters. The Bertz CT molecular complexity index is 298. The molecule has 0 fully saturated rings. The largest absolute Gasteiger partial charge is 0.277 e. The minimum Gasteiger partial charge on any atom is -0.258 e. The van der Waals surface area contributed by atoms with E-state index in [1.54, 1.807) is 18.2 Å². The summed E-state index contributed by atoms with van der Waals surface area (Å²) >= 11 is 4.60. The molecule has 0 aliphatic carbocycles. The average Bonchev–Trinajstić information content (AvgIpc) is 2.04. The first-order valence-electron chi connectivity index (χ1n) is 2.94. The van der Waals surface area contributed by atoms with E-state index in [9.17, 15) is 10.1 Å². The average molecular weight is 167 g/mol. The van der Waals surface area contributed by atoms with Gasteiger partial charge in [0.15, 0.2) is 0 Å². The van der Waals surface area contributed by atoms with Crippen LogP contribution >= 0.6 is 12.2 Å². The van der Waals surface area contributed by atoms with E-state index in [-0.39, 0.29) is 5.69 Å². The lowest BCUT2D eigenvalue weighted by atomic mass is 10.2. The van der Waals surface area contributed by atoms with Gasteiger partial charge in [-0.2, -0.15) is 0 Å². The fourth-order valence-electron chi connectivity index (χ4n) is 0.753. The van der Waals surface area contributed by atoms with E-state index < -0.39 is 4.92 Å². The van der Waals surface area contributed by atoms with Crippen LogP contribution in [0.2, 0.25) is 0 Å². The van der Waals surface area contributed by atoms with Crippen molar-refractivity contribution in [2.24, 2.45) is 0 Å². The Kier molecular flexibility index (Phi) is 2.28. The van der Waals surface area contributed by atoms with Gasteiger partial charge in [0.2, 0.25) is 0 Å². The van der Waals surface area contributed by atoms with Crippen molar-refractivity contribution in [3.05, 3.63) is 39.9 Å². The van der Waals surface area contributed by atoms with Crippen LogP contribution in [0.3, 0.4) is 0 Å². The summed E-state index contributed by atoms with van der Waals surface area (Å²) in [6.45, 7) is 0. The molecular formula is C7H5NO2S. The molecule has 11 heavy (non-hydrogen) atoms. The zero-order chi connectivity index (χ0) is 8.27. The van der Waals surface area contributed by atoms with Crippen molar-refractivity contribution in [1.82, 2.24) is 0 Å². The van der Waals surface area contributed by atoms with Gasteiger partial charge in [-0.25, -0.2) is 0 Å². The van der Waals surface area contributed by atoms with Gasteiger partial charge in [-0.1, -0.05) is 24.4 Å². The molecule has 0 unspecified atom stereocenters. The van der Waals surface area contributed by atoms with Gasteiger partial charge in [0.1, 0.15) is 0 Å². The van der Waals surface area contributed by atoms with Gasteiger partial charge < -0.3 is 0 Å². The van der Waals surface area contributed by atoms with Gasteiger partial charge in [-0.3, -0.25) is 10.1 Å². The van der Waals surface area contributed by atoms with Gasteiger partial charge in [-0.15, -0.1) is 0 Å². The molecule has 56 valence electrons. The van der Waals surface area contributed by atoms with Crippen molar-refractivity contribution < 1.29 is 4.92 Å². The molecule has 0 aliphatic heterocycles. The molecule has 0 aliphatic rings. The second-order valence-corrected chi connectivity index (χ2v) is 2.17. The molecule has 0 saturated carbocycles. The van der Waals surface area contributed by atoms with Gasteiger partial charge in [0, 0.05) is 11.4 Å². The van der Waals surface area contributed by atoms with Crippen LogP contribution in [0.5, 0.6) is 0 Å². The highest BCUT2D eigenvalue weighted by atomic mass is 32.1. The molecule has 1 aromatic carbocycles. The van der Waals surface area contributed by atoms with Gasteiger partial charge >= 0.3 is 0 Å². The monoisotopic (exact) mass is 167 g/mol. The summed E-state index contributed by atoms with van der Waals surface area (Å²) in [7, 11) is 0. The van der Waals surface area contributed by atoms with E-state index in [4.69, 9.17) is 0 Å². The van der Waals surface area contributed by atoms with Crippen LogP contribution in [0.15, 0.2) is 24.3 Å². The summed E-state index contributed by atoms with van der Waals surface area (Å²) in [4.78, 5) is 9.87. The maximum absolute atomic E-state index is 10.3. The standard InChI is InChI=1S/C7H5NO2S/c9-8(10)7-4-2-1-3-6(7)5-11/h1-5H. The fourth-order valence-corrected chi connectivity index (χ4v) is 0.953. The first-order chi connectivity index (χ1) is 5.25. The quantitative estimate of drug-likeness (QED) is 0.384. The number of nitrogens with zero attached hydrogens (tertiary/aromatic N) is 1. The number of nitro benzene ring substituents is 1. The molecule has 0 amide bonds. The third-order valence-corrected chi connectivity index (χ3v) is 1.51. The minimum absolute atomic E-state index is 0.0579. The summed E-state index contributed by atoms with van der Waals surface area (Å²) in [5.41, 5.74) is 0.537. The molecule has 0 N–H and O–H groups in total. The van der Waals surface area contributed by atoms with Crippen LogP contribution < -0.4 is 0 Å². The number of thiocarbonyl (C=S) groups is 1. The topological polar surface area (TPSA) is 43.1 Å². The summed E-state index contributed by atoms with van der Waals surface area (Å²) in [6, 6.07) is 6.37. The van der Waals surface area contributed by atoms with E-state index in [1.807, 2.05) is 0 Å². The van der Waals surface area contributed by atoms with E-state index in [2.05, 4.69) is 12.2 Å². The van der Waals surface area contributed by atoms with E-state index in [1.165, 1.54) is 11.4 Å². The molecule has 0 bridgehead atoms. The smallest absolute Gasteiger partial charge is 0.258 e. The summed E-state index contributed by atoms with van der Waals surface area (Å²) in [6.07, 6.45) is 0. The van der Waals surface area contributed by atoms with Crippen LogP contribution in [0, 0.1) is 10.1 Å².